The Bertz CT molecular complexity index is 749. The molecule has 3 aromatic rings. The van der Waals surface area contributed by atoms with Crippen LogP contribution in [0.25, 0.3) is 10.8 Å². The number of pyridine rings is 2. The average molecular weight is 290 g/mol. The molecule has 0 aliphatic carbocycles. The Morgan fingerprint density at radius 3 is 2.75 bits per heavy atom. The maximum absolute atomic E-state index is 12.2. The van der Waals surface area contributed by atoms with Crippen molar-refractivity contribution >= 4 is 33.9 Å². The fraction of sp³-hybridized carbons (Fsp3) is 0. The number of hydrogen-bond acceptors (Lipinski definition) is 4. The lowest BCUT2D eigenvalue weighted by molar-refractivity contribution is -0.00603. The van der Waals surface area contributed by atoms with Gasteiger partial charge in [-0.25, -0.2) is 9.97 Å². The van der Waals surface area contributed by atoms with Gasteiger partial charge in [-0.1, -0.05) is 11.6 Å². The number of halogens is 2. The lowest BCUT2D eigenvalue weighted by Gasteiger charge is -2.08. The van der Waals surface area contributed by atoms with Gasteiger partial charge in [0.1, 0.15) is 11.0 Å². The largest absolute Gasteiger partial charge is 0.338 e. The standard InChI is InChI=1S/C14H9ClFN3O/c15-13-4-1-10(8-18-13)19-14-12-3-2-11(20-16)7-9(12)5-6-17-14/h1-8H,(H,17,19). The summed E-state index contributed by atoms with van der Waals surface area (Å²) in [5.41, 5.74) is 0.764. The van der Waals surface area contributed by atoms with E-state index in [4.69, 9.17) is 11.6 Å². The Morgan fingerprint density at radius 1 is 1.10 bits per heavy atom. The number of nitrogens with one attached hydrogen (secondary N) is 1. The monoisotopic (exact) mass is 289 g/mol. The summed E-state index contributed by atoms with van der Waals surface area (Å²) in [4.78, 5) is 12.0. The second-order valence-corrected chi connectivity index (χ2v) is 4.50. The van der Waals surface area contributed by atoms with Gasteiger partial charge >= 0.3 is 0 Å². The van der Waals surface area contributed by atoms with Crippen LogP contribution in [-0.2, 0) is 0 Å². The first-order chi connectivity index (χ1) is 9.76. The van der Waals surface area contributed by atoms with Gasteiger partial charge < -0.3 is 5.32 Å². The minimum Gasteiger partial charge on any atom is -0.338 e. The molecule has 4 nitrogen and oxygen atoms in total. The van der Waals surface area contributed by atoms with Crippen molar-refractivity contribution < 1.29 is 9.47 Å². The minimum absolute atomic E-state index is 0.155. The molecule has 0 saturated carbocycles. The lowest BCUT2D eigenvalue weighted by atomic mass is 10.1. The summed E-state index contributed by atoms with van der Waals surface area (Å²) in [6, 6.07) is 10.1. The molecule has 1 aromatic carbocycles. The molecule has 0 unspecified atom stereocenters. The molecule has 0 atom stereocenters. The van der Waals surface area contributed by atoms with Gasteiger partial charge in [0, 0.05) is 16.1 Å². The SMILES string of the molecule is FOc1ccc2c(Nc3ccc(Cl)nc3)nccc2c1. The highest BCUT2D eigenvalue weighted by molar-refractivity contribution is 6.29. The zero-order valence-corrected chi connectivity index (χ0v) is 10.9. The maximum Gasteiger partial charge on any atom is 0.172 e. The lowest BCUT2D eigenvalue weighted by Crippen LogP contribution is -1.95. The molecule has 1 N–H and O–H groups in total. The van der Waals surface area contributed by atoms with Crippen LogP contribution in [0.3, 0.4) is 0 Å². The van der Waals surface area contributed by atoms with E-state index in [1.165, 1.54) is 6.07 Å². The van der Waals surface area contributed by atoms with Crippen LogP contribution in [0, 0.1) is 0 Å². The van der Waals surface area contributed by atoms with Crippen LogP contribution in [-0.4, -0.2) is 9.97 Å². The van der Waals surface area contributed by atoms with Crippen molar-refractivity contribution in [3.05, 3.63) is 53.9 Å². The van der Waals surface area contributed by atoms with Crippen molar-refractivity contribution in [2.45, 2.75) is 0 Å². The molecule has 0 bridgehead atoms. The Morgan fingerprint density at radius 2 is 2.00 bits per heavy atom. The highest BCUT2D eigenvalue weighted by atomic mass is 35.5. The van der Waals surface area contributed by atoms with E-state index in [-0.39, 0.29) is 5.75 Å². The van der Waals surface area contributed by atoms with Crippen molar-refractivity contribution in [1.82, 2.24) is 9.97 Å². The smallest absolute Gasteiger partial charge is 0.172 e. The van der Waals surface area contributed by atoms with E-state index in [1.54, 1.807) is 42.7 Å². The molecule has 0 saturated heterocycles. The molecule has 3 rings (SSSR count). The van der Waals surface area contributed by atoms with Gasteiger partial charge in [0.2, 0.25) is 0 Å². The summed E-state index contributed by atoms with van der Waals surface area (Å²) in [6.07, 6.45) is 3.25. The van der Waals surface area contributed by atoms with Crippen molar-refractivity contribution in [2.75, 3.05) is 5.32 Å². The first-order valence-corrected chi connectivity index (χ1v) is 6.20. The van der Waals surface area contributed by atoms with Crippen molar-refractivity contribution in [3.63, 3.8) is 0 Å². The molecule has 100 valence electrons. The molecule has 0 aliphatic heterocycles. The fourth-order valence-electron chi connectivity index (χ4n) is 1.89. The summed E-state index contributed by atoms with van der Waals surface area (Å²) in [5.74, 6) is 0.805. The first kappa shape index (κ1) is 12.6. The Balaban J connectivity index is 2.01. The third-order valence-corrected chi connectivity index (χ3v) is 3.04. The second kappa shape index (κ2) is 5.30. The van der Waals surface area contributed by atoms with Gasteiger partial charge in [0.15, 0.2) is 5.75 Å². The number of fused-ring (bicyclic) bond motifs is 1. The number of benzene rings is 1. The van der Waals surface area contributed by atoms with Crippen LogP contribution in [0.4, 0.5) is 16.0 Å². The molecule has 0 spiro atoms. The molecular formula is C14H9ClFN3O. The summed E-state index contributed by atoms with van der Waals surface area (Å²) >= 11 is 5.74. The quantitative estimate of drug-likeness (QED) is 0.731. The molecule has 0 amide bonds. The van der Waals surface area contributed by atoms with E-state index in [0.29, 0.717) is 11.0 Å². The van der Waals surface area contributed by atoms with Crippen LogP contribution in [0.15, 0.2) is 48.8 Å². The third kappa shape index (κ3) is 2.48. The topological polar surface area (TPSA) is 47.0 Å². The van der Waals surface area contributed by atoms with E-state index < -0.39 is 0 Å². The van der Waals surface area contributed by atoms with E-state index in [0.717, 1.165) is 16.5 Å². The second-order valence-electron chi connectivity index (χ2n) is 4.11. The van der Waals surface area contributed by atoms with Crippen molar-refractivity contribution in [2.24, 2.45) is 0 Å². The Hall–Kier alpha value is -2.40. The van der Waals surface area contributed by atoms with Crippen LogP contribution in [0.5, 0.6) is 5.75 Å². The molecule has 2 aromatic heterocycles. The molecule has 0 aliphatic rings. The van der Waals surface area contributed by atoms with Crippen LogP contribution < -0.4 is 10.3 Å². The molecule has 0 fully saturated rings. The molecule has 6 heteroatoms. The summed E-state index contributed by atoms with van der Waals surface area (Å²) in [7, 11) is 0. The Labute approximate surface area is 119 Å². The van der Waals surface area contributed by atoms with Gasteiger partial charge in [-0.15, -0.1) is 0 Å². The first-order valence-electron chi connectivity index (χ1n) is 5.82. The van der Waals surface area contributed by atoms with E-state index in [9.17, 15) is 4.53 Å². The minimum atomic E-state index is 0.155. The normalized spacial score (nSPS) is 10.5. The van der Waals surface area contributed by atoms with E-state index >= 15 is 0 Å². The van der Waals surface area contributed by atoms with Crippen LogP contribution in [0.2, 0.25) is 5.15 Å². The number of hydrogen-bond donors (Lipinski definition) is 1. The zero-order chi connectivity index (χ0) is 13.9. The van der Waals surface area contributed by atoms with Gasteiger partial charge in [-0.2, -0.15) is 0 Å². The highest BCUT2D eigenvalue weighted by Crippen LogP contribution is 2.27. The molecule has 0 radical (unpaired) electrons. The van der Waals surface area contributed by atoms with Crippen LogP contribution in [0.1, 0.15) is 0 Å². The van der Waals surface area contributed by atoms with Crippen molar-refractivity contribution in [3.8, 4) is 5.75 Å². The fourth-order valence-corrected chi connectivity index (χ4v) is 2.00. The van der Waals surface area contributed by atoms with E-state index in [2.05, 4.69) is 20.2 Å². The van der Waals surface area contributed by atoms with Gasteiger partial charge in [-0.3, -0.25) is 4.94 Å². The average Bonchev–Trinajstić information content (AvgIpc) is 2.49. The summed E-state index contributed by atoms with van der Waals surface area (Å²) < 4.78 is 12.2. The number of nitrogens with zero attached hydrogens (tertiary/aromatic N) is 2. The number of rotatable bonds is 3. The molecular weight excluding hydrogens is 281 g/mol. The molecule has 2 heterocycles. The summed E-state index contributed by atoms with van der Waals surface area (Å²) in [5, 5.41) is 5.24. The van der Waals surface area contributed by atoms with Gasteiger partial charge in [0.05, 0.1) is 11.9 Å². The Kier molecular flexibility index (Phi) is 3.35. The third-order valence-electron chi connectivity index (χ3n) is 2.82. The van der Waals surface area contributed by atoms with Crippen LogP contribution >= 0.6 is 11.6 Å². The zero-order valence-electron chi connectivity index (χ0n) is 10.2. The highest BCUT2D eigenvalue weighted by Gasteiger charge is 2.05. The predicted molar refractivity (Wildman–Crippen MR) is 76.0 cm³/mol. The predicted octanol–water partition coefficient (Wildman–Crippen LogP) is 4.29. The molecule has 20 heavy (non-hydrogen) atoms. The van der Waals surface area contributed by atoms with Crippen molar-refractivity contribution in [1.29, 1.82) is 0 Å². The number of aromatic nitrogens is 2. The number of anilines is 2. The van der Waals surface area contributed by atoms with Gasteiger partial charge in [0.25, 0.3) is 0 Å². The van der Waals surface area contributed by atoms with E-state index in [1.807, 2.05) is 0 Å². The summed E-state index contributed by atoms with van der Waals surface area (Å²) in [6.45, 7) is 0. The maximum atomic E-state index is 12.2. The van der Waals surface area contributed by atoms with Gasteiger partial charge in [-0.05, 0) is 41.8 Å².